The molecule has 2 aromatic rings. The van der Waals surface area contributed by atoms with Crippen LogP contribution in [0.4, 0.5) is 4.39 Å². The van der Waals surface area contributed by atoms with Crippen molar-refractivity contribution in [2.75, 3.05) is 0 Å². The number of hydrogen-bond acceptors (Lipinski definition) is 3. The minimum atomic E-state index is -0.196. The number of nitrogens with zero attached hydrogens (tertiary/aromatic N) is 1. The van der Waals surface area contributed by atoms with Gasteiger partial charge in [-0.1, -0.05) is 24.3 Å². The fraction of sp³-hybridized carbons (Fsp3) is 0.154. The molecule has 0 saturated carbocycles. The van der Waals surface area contributed by atoms with E-state index in [1.807, 2.05) is 24.3 Å². The van der Waals surface area contributed by atoms with E-state index in [0.29, 0.717) is 16.9 Å². The molecule has 1 aromatic carbocycles. The van der Waals surface area contributed by atoms with E-state index in [4.69, 9.17) is 5.73 Å². The summed E-state index contributed by atoms with van der Waals surface area (Å²) < 4.78 is 13.9. The van der Waals surface area contributed by atoms with Crippen molar-refractivity contribution in [3.63, 3.8) is 0 Å². The molecule has 0 fully saturated rings. The quantitative estimate of drug-likeness (QED) is 0.845. The number of pyridine rings is 1. The first kappa shape index (κ1) is 12.1. The van der Waals surface area contributed by atoms with Gasteiger partial charge in [0.15, 0.2) is 0 Å². The molecule has 0 atom stereocenters. The molecule has 0 saturated heterocycles. The summed E-state index contributed by atoms with van der Waals surface area (Å²) in [5.74, 6) is 0.370. The van der Waals surface area contributed by atoms with Gasteiger partial charge in [0.05, 0.1) is 5.03 Å². The number of thioether (sulfide) groups is 1. The highest BCUT2D eigenvalue weighted by Crippen LogP contribution is 2.23. The second-order valence-corrected chi connectivity index (χ2v) is 4.55. The van der Waals surface area contributed by atoms with Crippen molar-refractivity contribution in [2.45, 2.75) is 17.3 Å². The van der Waals surface area contributed by atoms with E-state index in [0.717, 1.165) is 5.03 Å². The maximum atomic E-state index is 13.9. The summed E-state index contributed by atoms with van der Waals surface area (Å²) in [7, 11) is 0. The molecule has 17 heavy (non-hydrogen) atoms. The smallest absolute Gasteiger partial charge is 0.131 e. The second-order valence-electron chi connectivity index (χ2n) is 3.55. The number of benzene rings is 1. The molecule has 1 heterocycles. The molecular formula is C13H13FN2S. The van der Waals surface area contributed by atoms with E-state index < -0.39 is 0 Å². The van der Waals surface area contributed by atoms with Crippen molar-refractivity contribution in [3.05, 3.63) is 59.5 Å². The van der Waals surface area contributed by atoms with Crippen LogP contribution in [0.3, 0.4) is 0 Å². The van der Waals surface area contributed by atoms with Crippen LogP contribution in [0, 0.1) is 5.82 Å². The van der Waals surface area contributed by atoms with E-state index in [2.05, 4.69) is 4.98 Å². The number of rotatable bonds is 4. The van der Waals surface area contributed by atoms with Gasteiger partial charge in [0.2, 0.25) is 0 Å². The molecule has 2 nitrogen and oxygen atoms in total. The Kier molecular flexibility index (Phi) is 4.12. The molecule has 0 aliphatic heterocycles. The van der Waals surface area contributed by atoms with Crippen molar-refractivity contribution in [3.8, 4) is 0 Å². The fourth-order valence-corrected chi connectivity index (χ4v) is 2.32. The Morgan fingerprint density at radius 1 is 1.12 bits per heavy atom. The predicted octanol–water partition coefficient (Wildman–Crippen LogP) is 2.97. The van der Waals surface area contributed by atoms with Crippen molar-refractivity contribution >= 4 is 11.8 Å². The monoisotopic (exact) mass is 248 g/mol. The van der Waals surface area contributed by atoms with Gasteiger partial charge in [-0.05, 0) is 17.7 Å². The van der Waals surface area contributed by atoms with Gasteiger partial charge in [-0.25, -0.2) is 9.37 Å². The first-order chi connectivity index (χ1) is 8.31. The van der Waals surface area contributed by atoms with E-state index in [1.165, 1.54) is 11.8 Å². The third kappa shape index (κ3) is 3.05. The Labute approximate surface area is 104 Å². The van der Waals surface area contributed by atoms with Gasteiger partial charge in [0.1, 0.15) is 5.82 Å². The molecule has 0 radical (unpaired) electrons. The molecule has 4 heteroatoms. The van der Waals surface area contributed by atoms with Gasteiger partial charge in [-0.3, -0.25) is 0 Å². The molecule has 0 amide bonds. The SMILES string of the molecule is NCc1cccc(CSc2ccccn2)c1F. The summed E-state index contributed by atoms with van der Waals surface area (Å²) in [4.78, 5) is 4.18. The average Bonchev–Trinajstić information content (AvgIpc) is 2.39. The number of halogens is 1. The number of hydrogen-bond donors (Lipinski definition) is 1. The van der Waals surface area contributed by atoms with E-state index >= 15 is 0 Å². The van der Waals surface area contributed by atoms with Crippen LogP contribution in [0.2, 0.25) is 0 Å². The van der Waals surface area contributed by atoms with Crippen LogP contribution in [0.25, 0.3) is 0 Å². The zero-order valence-corrected chi connectivity index (χ0v) is 10.1. The lowest BCUT2D eigenvalue weighted by molar-refractivity contribution is 0.600. The van der Waals surface area contributed by atoms with Crippen LogP contribution in [-0.4, -0.2) is 4.98 Å². The fourth-order valence-electron chi connectivity index (χ4n) is 1.49. The highest BCUT2D eigenvalue weighted by molar-refractivity contribution is 7.98. The lowest BCUT2D eigenvalue weighted by Gasteiger charge is -2.06. The molecule has 0 unspecified atom stereocenters. The number of aromatic nitrogens is 1. The molecule has 88 valence electrons. The Morgan fingerprint density at radius 2 is 1.94 bits per heavy atom. The molecule has 0 aliphatic carbocycles. The average molecular weight is 248 g/mol. The molecule has 2 rings (SSSR count). The van der Waals surface area contributed by atoms with Gasteiger partial charge in [0, 0.05) is 24.1 Å². The van der Waals surface area contributed by atoms with Gasteiger partial charge in [0.25, 0.3) is 0 Å². The molecule has 0 aliphatic rings. The zero-order chi connectivity index (χ0) is 12.1. The van der Waals surface area contributed by atoms with Crippen LogP contribution in [-0.2, 0) is 12.3 Å². The summed E-state index contributed by atoms with van der Waals surface area (Å²) >= 11 is 1.51. The van der Waals surface area contributed by atoms with Crippen LogP contribution < -0.4 is 5.73 Å². The van der Waals surface area contributed by atoms with Gasteiger partial charge < -0.3 is 5.73 Å². The molecule has 2 N–H and O–H groups in total. The third-order valence-electron chi connectivity index (χ3n) is 2.39. The van der Waals surface area contributed by atoms with Gasteiger partial charge in [-0.15, -0.1) is 11.8 Å². The minimum Gasteiger partial charge on any atom is -0.326 e. The van der Waals surface area contributed by atoms with Crippen molar-refractivity contribution < 1.29 is 4.39 Å². The zero-order valence-electron chi connectivity index (χ0n) is 9.27. The standard InChI is InChI=1S/C13H13FN2S/c14-13-10(8-15)4-3-5-11(13)9-17-12-6-1-2-7-16-12/h1-7H,8-9,15H2. The van der Waals surface area contributed by atoms with Crippen molar-refractivity contribution in [1.29, 1.82) is 0 Å². The second kappa shape index (κ2) is 5.80. The molecule has 0 bridgehead atoms. The Balaban J connectivity index is 2.09. The molecular weight excluding hydrogens is 235 g/mol. The topological polar surface area (TPSA) is 38.9 Å². The maximum absolute atomic E-state index is 13.9. The largest absolute Gasteiger partial charge is 0.326 e. The van der Waals surface area contributed by atoms with Gasteiger partial charge >= 0.3 is 0 Å². The summed E-state index contributed by atoms with van der Waals surface area (Å²) in [6.07, 6.45) is 1.73. The highest BCUT2D eigenvalue weighted by atomic mass is 32.2. The predicted molar refractivity (Wildman–Crippen MR) is 68.1 cm³/mol. The summed E-state index contributed by atoms with van der Waals surface area (Å²) in [5, 5.41) is 0.894. The van der Waals surface area contributed by atoms with E-state index in [1.54, 1.807) is 18.3 Å². The van der Waals surface area contributed by atoms with E-state index in [9.17, 15) is 4.39 Å². The summed E-state index contributed by atoms with van der Waals surface area (Å²) in [5.41, 5.74) is 6.70. The Morgan fingerprint density at radius 3 is 2.65 bits per heavy atom. The van der Waals surface area contributed by atoms with Gasteiger partial charge in [-0.2, -0.15) is 0 Å². The highest BCUT2D eigenvalue weighted by Gasteiger charge is 2.07. The minimum absolute atomic E-state index is 0.196. The lowest BCUT2D eigenvalue weighted by Crippen LogP contribution is -2.02. The summed E-state index contributed by atoms with van der Waals surface area (Å²) in [6.45, 7) is 0.230. The van der Waals surface area contributed by atoms with Crippen LogP contribution in [0.1, 0.15) is 11.1 Å². The maximum Gasteiger partial charge on any atom is 0.131 e. The van der Waals surface area contributed by atoms with Crippen molar-refractivity contribution in [1.82, 2.24) is 4.98 Å². The number of nitrogens with two attached hydrogens (primary N) is 1. The Hall–Kier alpha value is -1.39. The Bertz CT molecular complexity index is 488. The van der Waals surface area contributed by atoms with Crippen LogP contribution >= 0.6 is 11.8 Å². The van der Waals surface area contributed by atoms with E-state index in [-0.39, 0.29) is 12.4 Å². The van der Waals surface area contributed by atoms with Crippen LogP contribution in [0.15, 0.2) is 47.6 Å². The molecule has 0 spiro atoms. The lowest BCUT2D eigenvalue weighted by atomic mass is 10.1. The first-order valence-electron chi connectivity index (χ1n) is 5.31. The normalized spacial score (nSPS) is 10.5. The third-order valence-corrected chi connectivity index (χ3v) is 3.38. The molecule has 1 aromatic heterocycles. The summed E-state index contributed by atoms with van der Waals surface area (Å²) in [6, 6.07) is 11.0. The van der Waals surface area contributed by atoms with Crippen LogP contribution in [0.5, 0.6) is 0 Å². The van der Waals surface area contributed by atoms with Crippen molar-refractivity contribution in [2.24, 2.45) is 5.73 Å². The first-order valence-corrected chi connectivity index (χ1v) is 6.30.